The normalized spacial score (nSPS) is 18.4. The van der Waals surface area contributed by atoms with Crippen molar-refractivity contribution in [1.29, 1.82) is 10.5 Å². The Hall–Kier alpha value is -6.62. The highest BCUT2D eigenvalue weighted by atomic mass is 16.5. The number of benzene rings is 6. The standard InChI is InChI=1S/C72H86N2O2/c1-51(2)61(49-73)47-59(27-19-13-21-45-71(5,6)7)53-29-37-63(38-30-53)75-65-41-33-57(34-42-65)69-67(55-23-15-11-16-24-55)70(68(69)56-25-17-12-18-26-56)58-35-43-66(44-36-58)76-64-39-31-54(32-40-64)60(48-62(50-74)52(3)4)28-20-14-22-46-72(8,9)10/h11-18,21-26,29-44,51-52,59-62,67-70H,19-20,27-28,45-48H2,1-10H3/b21-13+,22-14+. The molecule has 4 nitrogen and oxygen atoms in total. The van der Waals surface area contributed by atoms with Crippen molar-refractivity contribution < 1.29 is 9.47 Å². The van der Waals surface area contributed by atoms with E-state index in [9.17, 15) is 10.5 Å². The summed E-state index contributed by atoms with van der Waals surface area (Å²) in [6.45, 7) is 22.3. The fourth-order valence-corrected chi connectivity index (χ4v) is 11.3. The van der Waals surface area contributed by atoms with Crippen LogP contribution < -0.4 is 9.47 Å². The van der Waals surface area contributed by atoms with Crippen molar-refractivity contribution in [1.82, 2.24) is 0 Å². The fourth-order valence-electron chi connectivity index (χ4n) is 11.3. The summed E-state index contributed by atoms with van der Waals surface area (Å²) >= 11 is 0. The van der Waals surface area contributed by atoms with Crippen LogP contribution in [0.15, 0.2) is 182 Å². The summed E-state index contributed by atoms with van der Waals surface area (Å²) < 4.78 is 13.1. The van der Waals surface area contributed by atoms with E-state index < -0.39 is 0 Å². The molecule has 0 N–H and O–H groups in total. The average molecular weight is 1010 g/mol. The van der Waals surface area contributed by atoms with Gasteiger partial charge in [-0.1, -0.05) is 203 Å². The first-order valence-corrected chi connectivity index (χ1v) is 28.4. The SMILES string of the molecule is CC(C)C(C#N)CC(CC/C=C/CC(C)(C)C)c1ccc(Oc2ccc(C3C(c4ccccc4)C(c4ccc(Oc5ccc(C(CC/C=C/CC(C)(C)C)CC(C#N)C(C)C)cc5)cc4)C3c3ccccc3)cc2)cc1. The van der Waals surface area contributed by atoms with Gasteiger partial charge in [-0.05, 0) is 191 Å². The van der Waals surface area contributed by atoms with E-state index in [2.05, 4.69) is 263 Å². The Morgan fingerprint density at radius 3 is 0.974 bits per heavy atom. The Kier molecular flexibility index (Phi) is 20.2. The first kappa shape index (κ1) is 57.1. The van der Waals surface area contributed by atoms with Gasteiger partial charge in [0.1, 0.15) is 23.0 Å². The predicted molar refractivity (Wildman–Crippen MR) is 317 cm³/mol. The molecular formula is C72H86N2O2. The van der Waals surface area contributed by atoms with Crippen LogP contribution in [0.25, 0.3) is 0 Å². The third kappa shape index (κ3) is 16.2. The van der Waals surface area contributed by atoms with Gasteiger partial charge in [-0.3, -0.25) is 0 Å². The Labute approximate surface area is 458 Å². The van der Waals surface area contributed by atoms with Crippen LogP contribution in [-0.2, 0) is 0 Å². The molecule has 0 aliphatic heterocycles. The number of rotatable bonds is 24. The number of allylic oxidation sites excluding steroid dienone is 4. The lowest BCUT2D eigenvalue weighted by Crippen LogP contribution is -2.40. The molecule has 4 atom stereocenters. The predicted octanol–water partition coefficient (Wildman–Crippen LogP) is 20.8. The summed E-state index contributed by atoms with van der Waals surface area (Å²) in [5, 5.41) is 20.0. The van der Waals surface area contributed by atoms with Crippen molar-refractivity contribution in [2.45, 2.75) is 156 Å². The zero-order valence-corrected chi connectivity index (χ0v) is 47.5. The Morgan fingerprint density at radius 2 is 0.697 bits per heavy atom. The molecule has 1 aliphatic carbocycles. The van der Waals surface area contributed by atoms with Crippen LogP contribution in [0.2, 0.25) is 0 Å². The third-order valence-electron chi connectivity index (χ3n) is 15.8. The van der Waals surface area contributed by atoms with Gasteiger partial charge in [-0.2, -0.15) is 10.5 Å². The van der Waals surface area contributed by atoms with Crippen LogP contribution in [0.5, 0.6) is 23.0 Å². The summed E-state index contributed by atoms with van der Waals surface area (Å²) in [7, 11) is 0. The smallest absolute Gasteiger partial charge is 0.127 e. The maximum atomic E-state index is 10.0. The van der Waals surface area contributed by atoms with Crippen molar-refractivity contribution in [3.63, 3.8) is 0 Å². The van der Waals surface area contributed by atoms with Crippen LogP contribution >= 0.6 is 0 Å². The van der Waals surface area contributed by atoms with Crippen LogP contribution in [0.4, 0.5) is 0 Å². The highest BCUT2D eigenvalue weighted by Crippen LogP contribution is 2.66. The molecule has 1 fully saturated rings. The van der Waals surface area contributed by atoms with Gasteiger partial charge in [0, 0.05) is 11.8 Å². The minimum absolute atomic E-state index is 0.0172. The van der Waals surface area contributed by atoms with Crippen molar-refractivity contribution in [2.24, 2.45) is 34.5 Å². The number of hydrogen-bond donors (Lipinski definition) is 0. The van der Waals surface area contributed by atoms with E-state index in [1.165, 1.54) is 33.4 Å². The van der Waals surface area contributed by atoms with E-state index in [4.69, 9.17) is 9.47 Å². The molecule has 396 valence electrons. The molecule has 0 heterocycles. The zero-order chi connectivity index (χ0) is 54.2. The first-order valence-electron chi connectivity index (χ1n) is 28.4. The van der Waals surface area contributed by atoms with Crippen LogP contribution in [-0.4, -0.2) is 0 Å². The van der Waals surface area contributed by atoms with Crippen LogP contribution in [0.1, 0.15) is 189 Å². The summed E-state index contributed by atoms with van der Waals surface area (Å²) in [6.07, 6.45) is 17.2. The van der Waals surface area contributed by atoms with Gasteiger partial charge in [0.2, 0.25) is 0 Å². The molecular weight excluding hydrogens is 925 g/mol. The van der Waals surface area contributed by atoms with E-state index in [0.29, 0.717) is 23.7 Å². The third-order valence-corrected chi connectivity index (χ3v) is 15.8. The molecule has 0 aromatic heterocycles. The lowest BCUT2D eigenvalue weighted by Gasteiger charge is -2.54. The fraction of sp³-hybridized carbons (Fsp3) is 0.417. The van der Waals surface area contributed by atoms with Gasteiger partial charge in [0.15, 0.2) is 0 Å². The molecule has 0 amide bonds. The zero-order valence-electron chi connectivity index (χ0n) is 47.5. The molecule has 1 aliphatic rings. The van der Waals surface area contributed by atoms with Crippen molar-refractivity contribution in [2.75, 3.05) is 0 Å². The van der Waals surface area contributed by atoms with Gasteiger partial charge in [-0.15, -0.1) is 0 Å². The Balaban J connectivity index is 1.07. The molecule has 76 heavy (non-hydrogen) atoms. The number of nitriles is 2. The molecule has 6 aromatic carbocycles. The molecule has 6 aromatic rings. The molecule has 0 bridgehead atoms. The summed E-state index contributed by atoms with van der Waals surface area (Å²) in [5.41, 5.74) is 8.37. The molecule has 4 unspecified atom stereocenters. The van der Waals surface area contributed by atoms with Crippen molar-refractivity contribution >= 4 is 0 Å². The lowest BCUT2D eigenvalue weighted by molar-refractivity contribution is 0.228. The second-order valence-corrected chi connectivity index (χ2v) is 24.9. The second kappa shape index (κ2) is 26.9. The van der Waals surface area contributed by atoms with Crippen molar-refractivity contribution in [3.05, 3.63) is 215 Å². The van der Waals surface area contributed by atoms with E-state index >= 15 is 0 Å². The van der Waals surface area contributed by atoms with Gasteiger partial charge in [-0.25, -0.2) is 0 Å². The molecule has 1 saturated carbocycles. The highest BCUT2D eigenvalue weighted by molar-refractivity contribution is 5.50. The highest BCUT2D eigenvalue weighted by Gasteiger charge is 2.52. The molecule has 0 radical (unpaired) electrons. The topological polar surface area (TPSA) is 66.0 Å². The van der Waals surface area contributed by atoms with Gasteiger partial charge < -0.3 is 9.47 Å². The second-order valence-electron chi connectivity index (χ2n) is 24.9. The van der Waals surface area contributed by atoms with E-state index in [1.807, 2.05) is 0 Å². The Bertz CT molecular complexity index is 2610. The largest absolute Gasteiger partial charge is 0.457 e. The van der Waals surface area contributed by atoms with E-state index in [-0.39, 0.29) is 46.3 Å². The molecule has 7 rings (SSSR count). The molecule has 0 spiro atoms. The minimum Gasteiger partial charge on any atom is -0.457 e. The maximum absolute atomic E-state index is 10.0. The average Bonchev–Trinajstić information content (AvgIpc) is 3.39. The van der Waals surface area contributed by atoms with Crippen LogP contribution in [0, 0.1) is 57.2 Å². The minimum atomic E-state index is 0.0172. The van der Waals surface area contributed by atoms with E-state index in [1.54, 1.807) is 0 Å². The summed E-state index contributed by atoms with van der Waals surface area (Å²) in [4.78, 5) is 0. The quantitative estimate of drug-likeness (QED) is 0.0567. The Morgan fingerprint density at radius 1 is 0.408 bits per heavy atom. The summed E-state index contributed by atoms with van der Waals surface area (Å²) in [6, 6.07) is 62.1. The maximum Gasteiger partial charge on any atom is 0.127 e. The number of nitrogens with zero attached hydrogens (tertiary/aromatic N) is 2. The molecule has 4 heteroatoms. The molecule has 0 saturated heterocycles. The van der Waals surface area contributed by atoms with Crippen LogP contribution in [0.3, 0.4) is 0 Å². The van der Waals surface area contributed by atoms with E-state index in [0.717, 1.165) is 74.4 Å². The lowest BCUT2D eigenvalue weighted by atomic mass is 9.49. The van der Waals surface area contributed by atoms with Crippen molar-refractivity contribution in [3.8, 4) is 35.1 Å². The number of hydrogen-bond acceptors (Lipinski definition) is 4. The first-order chi connectivity index (χ1) is 36.5. The summed E-state index contributed by atoms with van der Waals surface area (Å²) in [5.74, 6) is 5.50. The van der Waals surface area contributed by atoms with Gasteiger partial charge in [0.25, 0.3) is 0 Å². The van der Waals surface area contributed by atoms with Gasteiger partial charge >= 0.3 is 0 Å². The van der Waals surface area contributed by atoms with Gasteiger partial charge in [0.05, 0.1) is 12.1 Å². The monoisotopic (exact) mass is 1010 g/mol. The number of ether oxygens (including phenoxy) is 2.